The Morgan fingerprint density at radius 2 is 2.03 bits per heavy atom. The van der Waals surface area contributed by atoms with Gasteiger partial charge in [-0.2, -0.15) is 5.10 Å². The summed E-state index contributed by atoms with van der Waals surface area (Å²) in [6.07, 6.45) is 11.9. The molecule has 0 bridgehead atoms. The summed E-state index contributed by atoms with van der Waals surface area (Å²) in [7, 11) is 1.56. The molecule has 0 spiro atoms. The summed E-state index contributed by atoms with van der Waals surface area (Å²) in [5.41, 5.74) is 5.53. The zero-order chi connectivity index (χ0) is 21.6. The van der Waals surface area contributed by atoms with Crippen molar-refractivity contribution in [1.29, 1.82) is 0 Å². The second kappa shape index (κ2) is 9.73. The van der Waals surface area contributed by atoms with E-state index in [4.69, 9.17) is 9.72 Å². The zero-order valence-corrected chi connectivity index (χ0v) is 17.8. The number of carboxylic acid groups (broad SMARTS) is 1. The van der Waals surface area contributed by atoms with Gasteiger partial charge in [-0.05, 0) is 61.3 Å². The number of rotatable bonds is 9. The summed E-state index contributed by atoms with van der Waals surface area (Å²) in [6.45, 7) is 0.763. The summed E-state index contributed by atoms with van der Waals surface area (Å²) in [4.78, 5) is 20.5. The van der Waals surface area contributed by atoms with Crippen LogP contribution in [0.2, 0.25) is 0 Å². The topological polar surface area (TPSA) is 90.1 Å². The number of pyridine rings is 2. The van der Waals surface area contributed by atoms with Crippen LogP contribution in [0.15, 0.2) is 42.9 Å². The number of methoxy groups -OCH3 is 1. The van der Waals surface area contributed by atoms with Crippen LogP contribution in [0.1, 0.15) is 59.7 Å². The average Bonchev–Trinajstić information content (AvgIpc) is 3.26. The minimum absolute atomic E-state index is 0.0151. The van der Waals surface area contributed by atoms with Crippen molar-refractivity contribution in [3.63, 3.8) is 0 Å². The molecule has 1 aliphatic carbocycles. The van der Waals surface area contributed by atoms with Gasteiger partial charge in [0.05, 0.1) is 19.7 Å². The predicted molar refractivity (Wildman–Crippen MR) is 116 cm³/mol. The quantitative estimate of drug-likeness (QED) is 0.566. The Hall–Kier alpha value is -3.22. The van der Waals surface area contributed by atoms with Crippen LogP contribution in [0.3, 0.4) is 0 Å². The van der Waals surface area contributed by atoms with E-state index in [1.54, 1.807) is 25.6 Å². The molecule has 31 heavy (non-hydrogen) atoms. The van der Waals surface area contributed by atoms with Gasteiger partial charge in [-0.1, -0.05) is 12.1 Å². The first-order valence-corrected chi connectivity index (χ1v) is 10.8. The van der Waals surface area contributed by atoms with Crippen LogP contribution < -0.4 is 4.74 Å². The van der Waals surface area contributed by atoms with E-state index >= 15 is 0 Å². The van der Waals surface area contributed by atoms with Crippen LogP contribution >= 0.6 is 0 Å². The second-order valence-electron chi connectivity index (χ2n) is 8.04. The Morgan fingerprint density at radius 3 is 2.81 bits per heavy atom. The number of aromatic nitrogens is 4. The summed E-state index contributed by atoms with van der Waals surface area (Å²) in [6, 6.07) is 8.00. The van der Waals surface area contributed by atoms with E-state index in [9.17, 15) is 9.90 Å². The molecule has 0 amide bonds. The normalized spacial score (nSPS) is 14.1. The molecule has 4 rings (SSSR count). The van der Waals surface area contributed by atoms with Crippen molar-refractivity contribution in [1.82, 2.24) is 19.7 Å². The van der Waals surface area contributed by atoms with E-state index in [1.165, 1.54) is 24.1 Å². The van der Waals surface area contributed by atoms with Crippen LogP contribution in [-0.4, -0.2) is 37.9 Å². The molecular weight excluding hydrogens is 392 g/mol. The number of carbonyl (C=O) groups is 1. The van der Waals surface area contributed by atoms with Crippen molar-refractivity contribution in [2.24, 2.45) is 0 Å². The van der Waals surface area contributed by atoms with Crippen molar-refractivity contribution in [3.05, 3.63) is 70.9 Å². The molecule has 0 aliphatic heterocycles. The first-order chi connectivity index (χ1) is 15.1. The largest absolute Gasteiger partial charge is 0.481 e. The lowest BCUT2D eigenvalue weighted by molar-refractivity contribution is -0.137. The Labute approximate surface area is 182 Å². The van der Waals surface area contributed by atoms with Crippen LogP contribution in [0.4, 0.5) is 0 Å². The lowest BCUT2D eigenvalue weighted by Crippen LogP contribution is -2.08. The molecule has 1 atom stereocenters. The maximum absolute atomic E-state index is 11.4. The first kappa shape index (κ1) is 21.0. The van der Waals surface area contributed by atoms with Gasteiger partial charge in [0.15, 0.2) is 0 Å². The van der Waals surface area contributed by atoms with Gasteiger partial charge < -0.3 is 9.84 Å². The number of hydrogen-bond acceptors (Lipinski definition) is 5. The zero-order valence-electron chi connectivity index (χ0n) is 17.8. The fraction of sp³-hybridized carbons (Fsp3) is 0.417. The van der Waals surface area contributed by atoms with Crippen molar-refractivity contribution >= 4 is 5.97 Å². The summed E-state index contributed by atoms with van der Waals surface area (Å²) in [5.74, 6) is -0.650. The van der Waals surface area contributed by atoms with E-state index in [1.807, 2.05) is 16.9 Å². The number of ether oxygens (including phenoxy) is 1. The average molecular weight is 421 g/mol. The van der Waals surface area contributed by atoms with E-state index in [0.717, 1.165) is 49.0 Å². The Balaban J connectivity index is 1.40. The molecule has 162 valence electrons. The molecule has 3 aromatic heterocycles. The molecule has 3 heterocycles. The van der Waals surface area contributed by atoms with Crippen molar-refractivity contribution in [2.45, 2.75) is 57.4 Å². The molecule has 0 saturated heterocycles. The Bertz CT molecular complexity index is 1030. The van der Waals surface area contributed by atoms with Gasteiger partial charge in [-0.3, -0.25) is 14.5 Å². The summed E-state index contributed by atoms with van der Waals surface area (Å²) < 4.78 is 6.99. The van der Waals surface area contributed by atoms with E-state index in [2.05, 4.69) is 22.2 Å². The van der Waals surface area contributed by atoms with Gasteiger partial charge in [0.2, 0.25) is 5.88 Å². The molecule has 7 nitrogen and oxygen atoms in total. The SMILES string of the molecule is COc1ccc([C@@H](CC(=O)O)c2cnn(CCCc3ccc4c(n3)CCCC4)c2)cn1. The standard InChI is InChI=1S/C24H28N4O3/c1-31-23-11-9-18(14-25-23)21(13-24(29)30)19-15-26-28(16-19)12-4-6-20-10-8-17-5-2-3-7-22(17)27-20/h8-11,14-16,21H,2-7,12-13H2,1H3,(H,29,30)/t21-/m1/s1. The van der Waals surface area contributed by atoms with Crippen molar-refractivity contribution in [3.8, 4) is 5.88 Å². The van der Waals surface area contributed by atoms with Crippen LogP contribution in [-0.2, 0) is 30.6 Å². The minimum atomic E-state index is -0.855. The highest BCUT2D eigenvalue weighted by Crippen LogP contribution is 2.28. The van der Waals surface area contributed by atoms with Crippen LogP contribution in [0.5, 0.6) is 5.88 Å². The molecule has 0 saturated carbocycles. The highest BCUT2D eigenvalue weighted by Gasteiger charge is 2.20. The van der Waals surface area contributed by atoms with Crippen LogP contribution in [0.25, 0.3) is 0 Å². The third-order valence-electron chi connectivity index (χ3n) is 5.86. The molecule has 0 unspecified atom stereocenters. The lowest BCUT2D eigenvalue weighted by Gasteiger charge is -2.15. The fourth-order valence-electron chi connectivity index (χ4n) is 4.19. The third-order valence-corrected chi connectivity index (χ3v) is 5.86. The smallest absolute Gasteiger partial charge is 0.304 e. The van der Waals surface area contributed by atoms with Gasteiger partial charge >= 0.3 is 5.97 Å². The van der Waals surface area contributed by atoms with E-state index in [0.29, 0.717) is 5.88 Å². The fourth-order valence-corrected chi connectivity index (χ4v) is 4.19. The highest BCUT2D eigenvalue weighted by atomic mass is 16.5. The highest BCUT2D eigenvalue weighted by molar-refractivity contribution is 5.69. The molecule has 1 aliphatic rings. The lowest BCUT2D eigenvalue weighted by atomic mass is 9.92. The third kappa shape index (κ3) is 5.29. The van der Waals surface area contributed by atoms with Crippen molar-refractivity contribution in [2.75, 3.05) is 7.11 Å². The Kier molecular flexibility index (Phi) is 6.60. The monoisotopic (exact) mass is 420 g/mol. The van der Waals surface area contributed by atoms with Gasteiger partial charge in [-0.25, -0.2) is 4.98 Å². The van der Waals surface area contributed by atoms with Gasteiger partial charge in [0.25, 0.3) is 0 Å². The molecular formula is C24H28N4O3. The predicted octanol–water partition coefficient (Wildman–Crippen LogP) is 3.80. The molecule has 0 fully saturated rings. The number of aliphatic carboxylic acids is 1. The second-order valence-corrected chi connectivity index (χ2v) is 8.04. The van der Waals surface area contributed by atoms with Gasteiger partial charge in [-0.15, -0.1) is 0 Å². The number of fused-ring (bicyclic) bond motifs is 1. The Morgan fingerprint density at radius 1 is 1.16 bits per heavy atom. The molecule has 3 aromatic rings. The molecule has 0 aromatic carbocycles. The maximum Gasteiger partial charge on any atom is 0.304 e. The number of nitrogens with zero attached hydrogens (tertiary/aromatic N) is 4. The minimum Gasteiger partial charge on any atom is -0.481 e. The molecule has 1 N–H and O–H groups in total. The van der Waals surface area contributed by atoms with Crippen LogP contribution in [0, 0.1) is 0 Å². The first-order valence-electron chi connectivity index (χ1n) is 10.8. The van der Waals surface area contributed by atoms with E-state index in [-0.39, 0.29) is 12.3 Å². The summed E-state index contributed by atoms with van der Waals surface area (Å²) >= 11 is 0. The van der Waals surface area contributed by atoms with Gasteiger partial charge in [0.1, 0.15) is 0 Å². The van der Waals surface area contributed by atoms with E-state index < -0.39 is 5.97 Å². The molecule has 7 heteroatoms. The number of carboxylic acids is 1. The molecule has 0 radical (unpaired) electrons. The number of aryl methyl sites for hydroxylation is 4. The summed E-state index contributed by atoms with van der Waals surface area (Å²) in [5, 5.41) is 13.8. The number of hydrogen-bond donors (Lipinski definition) is 1. The van der Waals surface area contributed by atoms with Gasteiger partial charge in [0, 0.05) is 42.3 Å². The van der Waals surface area contributed by atoms with Crippen molar-refractivity contribution < 1.29 is 14.6 Å². The maximum atomic E-state index is 11.4.